The van der Waals surface area contributed by atoms with E-state index < -0.39 is 5.91 Å². The first-order chi connectivity index (χ1) is 13.2. The number of nitrogens with zero attached hydrogens (tertiary/aromatic N) is 1. The van der Waals surface area contributed by atoms with Gasteiger partial charge in [0.2, 0.25) is 0 Å². The summed E-state index contributed by atoms with van der Waals surface area (Å²) in [4.78, 5) is 12.2. The molecule has 3 aromatic rings. The Kier molecular flexibility index (Phi) is 6.09. The average molecular weight is 377 g/mol. The van der Waals surface area contributed by atoms with Crippen molar-refractivity contribution in [1.29, 1.82) is 5.26 Å². The van der Waals surface area contributed by atoms with Gasteiger partial charge >= 0.3 is 0 Å². The number of nitrogens with one attached hydrogen (secondary N) is 1. The molecule has 0 unspecified atom stereocenters. The molecular weight excluding hydrogens is 360 g/mol. The van der Waals surface area contributed by atoms with Crippen LogP contribution in [0.3, 0.4) is 0 Å². The van der Waals surface area contributed by atoms with Gasteiger partial charge in [-0.1, -0.05) is 54.1 Å². The Hall–Kier alpha value is -3.29. The normalized spacial score (nSPS) is 11.0. The van der Waals surface area contributed by atoms with Gasteiger partial charge in [-0.2, -0.15) is 5.26 Å². The third-order valence-electron chi connectivity index (χ3n) is 3.96. The van der Waals surface area contributed by atoms with Crippen molar-refractivity contribution in [2.75, 3.05) is 6.54 Å². The van der Waals surface area contributed by atoms with E-state index in [1.54, 1.807) is 18.2 Å². The van der Waals surface area contributed by atoms with Crippen molar-refractivity contribution in [1.82, 2.24) is 5.32 Å². The first-order valence-corrected chi connectivity index (χ1v) is 8.84. The molecule has 0 atom stereocenters. The summed E-state index contributed by atoms with van der Waals surface area (Å²) >= 11 is 6.17. The van der Waals surface area contributed by atoms with E-state index in [0.29, 0.717) is 29.5 Å². The van der Waals surface area contributed by atoms with Crippen molar-refractivity contribution in [2.24, 2.45) is 0 Å². The number of rotatable bonds is 6. The molecule has 1 heterocycles. The van der Waals surface area contributed by atoms with Crippen molar-refractivity contribution in [3.05, 3.63) is 88.6 Å². The molecule has 4 nitrogen and oxygen atoms in total. The molecule has 3 rings (SSSR count). The molecule has 0 saturated heterocycles. The number of hydrogen-bond acceptors (Lipinski definition) is 3. The number of carbonyl (C=O) groups is 1. The van der Waals surface area contributed by atoms with Crippen molar-refractivity contribution in [2.45, 2.75) is 6.42 Å². The predicted molar refractivity (Wildman–Crippen MR) is 106 cm³/mol. The van der Waals surface area contributed by atoms with E-state index in [4.69, 9.17) is 16.0 Å². The van der Waals surface area contributed by atoms with Crippen molar-refractivity contribution in [3.63, 3.8) is 0 Å². The molecule has 27 heavy (non-hydrogen) atoms. The van der Waals surface area contributed by atoms with Gasteiger partial charge in [-0.05, 0) is 36.2 Å². The molecule has 0 spiro atoms. The van der Waals surface area contributed by atoms with E-state index in [2.05, 4.69) is 5.32 Å². The molecule has 1 N–H and O–H groups in total. The van der Waals surface area contributed by atoms with Crippen LogP contribution in [0.2, 0.25) is 5.02 Å². The molecule has 1 amide bonds. The Morgan fingerprint density at radius 2 is 1.81 bits per heavy atom. The molecule has 5 heteroatoms. The van der Waals surface area contributed by atoms with Crippen LogP contribution >= 0.6 is 11.6 Å². The summed E-state index contributed by atoms with van der Waals surface area (Å²) in [6, 6.07) is 22.5. The number of benzene rings is 2. The SMILES string of the molecule is N#CC(=Cc1ccc(-c2ccccc2Cl)o1)C(=O)NCCc1ccccc1. The van der Waals surface area contributed by atoms with Gasteiger partial charge in [-0.15, -0.1) is 0 Å². The van der Waals surface area contributed by atoms with E-state index in [1.165, 1.54) is 6.08 Å². The van der Waals surface area contributed by atoms with Gasteiger partial charge in [0, 0.05) is 18.2 Å². The highest BCUT2D eigenvalue weighted by Crippen LogP contribution is 2.29. The molecule has 0 aliphatic heterocycles. The first kappa shape index (κ1) is 18.5. The maximum Gasteiger partial charge on any atom is 0.262 e. The summed E-state index contributed by atoms with van der Waals surface area (Å²) in [7, 11) is 0. The summed E-state index contributed by atoms with van der Waals surface area (Å²) in [6.07, 6.45) is 2.13. The van der Waals surface area contributed by atoms with Crippen LogP contribution in [0.15, 0.2) is 76.7 Å². The molecule has 0 fully saturated rings. The number of carbonyl (C=O) groups excluding carboxylic acids is 1. The van der Waals surface area contributed by atoms with Crippen LogP contribution in [-0.2, 0) is 11.2 Å². The Bertz CT molecular complexity index is 1000. The van der Waals surface area contributed by atoms with Gasteiger partial charge in [0.05, 0.1) is 5.02 Å². The topological polar surface area (TPSA) is 66.0 Å². The number of furan rings is 1. The third kappa shape index (κ3) is 4.87. The lowest BCUT2D eigenvalue weighted by atomic mass is 10.1. The van der Waals surface area contributed by atoms with Crippen molar-refractivity contribution >= 4 is 23.6 Å². The quantitative estimate of drug-likeness (QED) is 0.493. The molecule has 0 bridgehead atoms. The smallest absolute Gasteiger partial charge is 0.262 e. The number of halogens is 1. The zero-order valence-corrected chi connectivity index (χ0v) is 15.2. The van der Waals surface area contributed by atoms with Crippen LogP contribution in [-0.4, -0.2) is 12.5 Å². The highest BCUT2D eigenvalue weighted by Gasteiger charge is 2.11. The van der Waals surface area contributed by atoms with E-state index in [-0.39, 0.29) is 5.57 Å². The van der Waals surface area contributed by atoms with Gasteiger partial charge < -0.3 is 9.73 Å². The average Bonchev–Trinajstić information content (AvgIpc) is 3.15. The molecule has 0 aliphatic carbocycles. The Labute approximate surface area is 162 Å². The van der Waals surface area contributed by atoms with Crippen molar-refractivity contribution in [3.8, 4) is 17.4 Å². The summed E-state index contributed by atoms with van der Waals surface area (Å²) in [5, 5.41) is 12.6. The molecule has 1 aromatic heterocycles. The van der Waals surface area contributed by atoms with Crippen LogP contribution in [0.4, 0.5) is 0 Å². The minimum Gasteiger partial charge on any atom is -0.457 e. The molecule has 134 valence electrons. The van der Waals surface area contributed by atoms with Crippen LogP contribution < -0.4 is 5.32 Å². The fourth-order valence-corrected chi connectivity index (χ4v) is 2.82. The van der Waals surface area contributed by atoms with Gasteiger partial charge in [0.25, 0.3) is 5.91 Å². The second-order valence-corrected chi connectivity index (χ2v) is 6.25. The maximum absolute atomic E-state index is 12.2. The minimum absolute atomic E-state index is 0.0110. The van der Waals surface area contributed by atoms with Gasteiger partial charge in [0.15, 0.2) is 0 Å². The monoisotopic (exact) mass is 376 g/mol. The molecular formula is C22H17ClN2O2. The second-order valence-electron chi connectivity index (χ2n) is 5.84. The Morgan fingerprint density at radius 3 is 2.56 bits per heavy atom. The Morgan fingerprint density at radius 1 is 1.07 bits per heavy atom. The van der Waals surface area contributed by atoms with Crippen LogP contribution in [0.5, 0.6) is 0 Å². The highest BCUT2D eigenvalue weighted by molar-refractivity contribution is 6.33. The second kappa shape index (κ2) is 8.88. The fraction of sp³-hybridized carbons (Fsp3) is 0.0909. The van der Waals surface area contributed by atoms with Gasteiger partial charge in [-0.3, -0.25) is 4.79 Å². The van der Waals surface area contributed by atoms with E-state index >= 15 is 0 Å². The number of hydrogen-bond donors (Lipinski definition) is 1. The summed E-state index contributed by atoms with van der Waals surface area (Å²) in [6.45, 7) is 0.449. The summed E-state index contributed by atoms with van der Waals surface area (Å²) in [5.74, 6) is 0.567. The van der Waals surface area contributed by atoms with Crippen LogP contribution in [0.1, 0.15) is 11.3 Å². The van der Waals surface area contributed by atoms with E-state index in [0.717, 1.165) is 11.1 Å². The van der Waals surface area contributed by atoms with Crippen LogP contribution in [0, 0.1) is 11.3 Å². The largest absolute Gasteiger partial charge is 0.457 e. The maximum atomic E-state index is 12.2. The number of nitriles is 1. The zero-order chi connectivity index (χ0) is 19.1. The predicted octanol–water partition coefficient (Wildman–Crippen LogP) is 4.87. The lowest BCUT2D eigenvalue weighted by molar-refractivity contribution is -0.117. The lowest BCUT2D eigenvalue weighted by Gasteiger charge is -2.04. The minimum atomic E-state index is -0.427. The molecule has 0 saturated carbocycles. The standard InChI is InChI=1S/C22H17ClN2O2/c23-20-9-5-4-8-19(20)21-11-10-18(27-21)14-17(15-24)22(26)25-13-12-16-6-2-1-3-7-16/h1-11,14H,12-13H2,(H,25,26). The highest BCUT2D eigenvalue weighted by atomic mass is 35.5. The van der Waals surface area contributed by atoms with Gasteiger partial charge in [0.1, 0.15) is 23.2 Å². The summed E-state index contributed by atoms with van der Waals surface area (Å²) < 4.78 is 5.71. The van der Waals surface area contributed by atoms with E-state index in [9.17, 15) is 10.1 Å². The first-order valence-electron chi connectivity index (χ1n) is 8.46. The molecule has 2 aromatic carbocycles. The lowest BCUT2D eigenvalue weighted by Crippen LogP contribution is -2.26. The molecule has 0 radical (unpaired) electrons. The molecule has 0 aliphatic rings. The van der Waals surface area contributed by atoms with Crippen molar-refractivity contribution < 1.29 is 9.21 Å². The zero-order valence-electron chi connectivity index (χ0n) is 14.5. The van der Waals surface area contributed by atoms with Crippen LogP contribution in [0.25, 0.3) is 17.4 Å². The Balaban J connectivity index is 1.66. The third-order valence-corrected chi connectivity index (χ3v) is 4.29. The summed E-state index contributed by atoms with van der Waals surface area (Å²) in [5.41, 5.74) is 1.86. The van der Waals surface area contributed by atoms with E-state index in [1.807, 2.05) is 54.6 Å². The van der Waals surface area contributed by atoms with Gasteiger partial charge in [-0.25, -0.2) is 0 Å². The fourth-order valence-electron chi connectivity index (χ4n) is 2.59. The number of amides is 1.